The number of benzene rings is 2. The molecular formula is C21H21ClN2O2S. The molecule has 0 N–H and O–H groups in total. The van der Waals surface area contributed by atoms with Crippen molar-refractivity contribution in [2.75, 3.05) is 6.61 Å². The molecule has 2 aromatic carbocycles. The molecule has 0 radical (unpaired) electrons. The summed E-state index contributed by atoms with van der Waals surface area (Å²) in [6, 6.07) is 15.3. The second-order valence-corrected chi connectivity index (χ2v) is 8.46. The van der Waals surface area contributed by atoms with Crippen LogP contribution in [0, 0.1) is 0 Å². The molecule has 2 atom stereocenters. The third kappa shape index (κ3) is 3.91. The van der Waals surface area contributed by atoms with Gasteiger partial charge in [0.25, 0.3) is 5.56 Å². The van der Waals surface area contributed by atoms with Crippen molar-refractivity contribution in [1.29, 1.82) is 0 Å². The number of hydrogen-bond donors (Lipinski definition) is 0. The van der Waals surface area contributed by atoms with Crippen LogP contribution in [0.3, 0.4) is 0 Å². The van der Waals surface area contributed by atoms with Gasteiger partial charge < -0.3 is 4.74 Å². The number of para-hydroxylation sites is 1. The zero-order chi connectivity index (χ0) is 18.8. The summed E-state index contributed by atoms with van der Waals surface area (Å²) in [5.41, 5.74) is 1.75. The Bertz CT molecular complexity index is 1010. The molecule has 0 amide bonds. The van der Waals surface area contributed by atoms with Crippen molar-refractivity contribution in [3.63, 3.8) is 0 Å². The van der Waals surface area contributed by atoms with Crippen LogP contribution in [0.25, 0.3) is 10.9 Å². The van der Waals surface area contributed by atoms with Crippen LogP contribution in [0.15, 0.2) is 58.5 Å². The number of aromatic nitrogens is 2. The molecule has 1 fully saturated rings. The van der Waals surface area contributed by atoms with Crippen molar-refractivity contribution < 1.29 is 4.74 Å². The van der Waals surface area contributed by atoms with Crippen molar-refractivity contribution in [2.24, 2.45) is 0 Å². The molecule has 6 heteroatoms. The first-order valence-corrected chi connectivity index (χ1v) is 10.4. The normalized spacial score (nSPS) is 18.1. The molecule has 0 spiro atoms. The Labute approximate surface area is 167 Å². The van der Waals surface area contributed by atoms with E-state index in [1.807, 2.05) is 48.5 Å². The van der Waals surface area contributed by atoms with Gasteiger partial charge in [-0.05, 0) is 43.5 Å². The lowest BCUT2D eigenvalue weighted by atomic mass is 10.2. The standard InChI is InChI=1S/C21H21ClN2O2S/c1-14(16-8-2-4-10-18(16)22)27-21-23-19-11-5-3-9-17(19)20(25)24(21)13-15-7-6-12-26-15/h2-5,8-11,14-15H,6-7,12-13H2,1H3/t14-,15+/m0/s1. The largest absolute Gasteiger partial charge is 0.376 e. The molecule has 3 aromatic rings. The molecule has 27 heavy (non-hydrogen) atoms. The fourth-order valence-corrected chi connectivity index (χ4v) is 4.87. The summed E-state index contributed by atoms with van der Waals surface area (Å²) in [6.07, 6.45) is 2.09. The first-order valence-electron chi connectivity index (χ1n) is 9.16. The number of fused-ring (bicyclic) bond motifs is 1. The van der Waals surface area contributed by atoms with Gasteiger partial charge in [-0.25, -0.2) is 4.98 Å². The van der Waals surface area contributed by atoms with Crippen LogP contribution in [-0.4, -0.2) is 22.3 Å². The van der Waals surface area contributed by atoms with E-state index in [-0.39, 0.29) is 16.9 Å². The lowest BCUT2D eigenvalue weighted by molar-refractivity contribution is 0.0937. The topological polar surface area (TPSA) is 44.1 Å². The second kappa shape index (κ2) is 8.05. The Hall–Kier alpha value is -1.82. The summed E-state index contributed by atoms with van der Waals surface area (Å²) in [6.45, 7) is 3.39. The minimum Gasteiger partial charge on any atom is -0.376 e. The number of thioether (sulfide) groups is 1. The third-order valence-electron chi connectivity index (χ3n) is 4.86. The van der Waals surface area contributed by atoms with Crippen LogP contribution in [-0.2, 0) is 11.3 Å². The molecule has 0 unspecified atom stereocenters. The molecular weight excluding hydrogens is 380 g/mol. The van der Waals surface area contributed by atoms with Gasteiger partial charge in [-0.1, -0.05) is 53.7 Å². The van der Waals surface area contributed by atoms with Crippen LogP contribution >= 0.6 is 23.4 Å². The molecule has 4 nitrogen and oxygen atoms in total. The summed E-state index contributed by atoms with van der Waals surface area (Å²) in [5.74, 6) is 0. The highest BCUT2D eigenvalue weighted by atomic mass is 35.5. The predicted molar refractivity (Wildman–Crippen MR) is 111 cm³/mol. The van der Waals surface area contributed by atoms with Crippen LogP contribution in [0.1, 0.15) is 30.6 Å². The van der Waals surface area contributed by atoms with E-state index in [0.29, 0.717) is 17.1 Å². The van der Waals surface area contributed by atoms with Gasteiger partial charge in [-0.2, -0.15) is 0 Å². The lowest BCUT2D eigenvalue weighted by Gasteiger charge is -2.19. The predicted octanol–water partition coefficient (Wildman–Crippen LogP) is 5.08. The Morgan fingerprint density at radius 3 is 2.81 bits per heavy atom. The summed E-state index contributed by atoms with van der Waals surface area (Å²) in [5, 5.41) is 2.15. The highest BCUT2D eigenvalue weighted by Gasteiger charge is 2.22. The number of nitrogens with zero attached hydrogens (tertiary/aromatic N) is 2. The summed E-state index contributed by atoms with van der Waals surface area (Å²) >= 11 is 7.93. The van der Waals surface area contributed by atoms with Crippen molar-refractivity contribution in [3.05, 3.63) is 69.5 Å². The van der Waals surface area contributed by atoms with E-state index >= 15 is 0 Å². The van der Waals surface area contributed by atoms with Gasteiger partial charge in [-0.3, -0.25) is 9.36 Å². The molecule has 4 rings (SSSR count). The summed E-state index contributed by atoms with van der Waals surface area (Å²) in [7, 11) is 0. The van der Waals surface area contributed by atoms with E-state index in [4.69, 9.17) is 21.3 Å². The molecule has 1 aliphatic rings. The van der Waals surface area contributed by atoms with Crippen molar-refractivity contribution in [2.45, 2.75) is 42.8 Å². The van der Waals surface area contributed by atoms with Gasteiger partial charge in [0.2, 0.25) is 0 Å². The second-order valence-electron chi connectivity index (χ2n) is 6.74. The Kier molecular flexibility index (Phi) is 5.53. The molecule has 1 aliphatic heterocycles. The monoisotopic (exact) mass is 400 g/mol. The molecule has 140 valence electrons. The molecule has 1 aromatic heterocycles. The average Bonchev–Trinajstić information content (AvgIpc) is 3.18. The number of hydrogen-bond acceptors (Lipinski definition) is 4. The first kappa shape index (κ1) is 18.5. The van der Waals surface area contributed by atoms with Crippen molar-refractivity contribution in [1.82, 2.24) is 9.55 Å². The SMILES string of the molecule is C[C@H](Sc1nc2ccccc2c(=O)n1C[C@H]1CCCO1)c1ccccc1Cl. The van der Waals surface area contributed by atoms with Crippen molar-refractivity contribution >= 4 is 34.3 Å². The van der Waals surface area contributed by atoms with Gasteiger partial charge in [0, 0.05) is 16.9 Å². The smallest absolute Gasteiger partial charge is 0.262 e. The van der Waals surface area contributed by atoms with Gasteiger partial charge in [-0.15, -0.1) is 0 Å². The van der Waals surface area contributed by atoms with Gasteiger partial charge in [0.05, 0.1) is 23.6 Å². The lowest BCUT2D eigenvalue weighted by Crippen LogP contribution is -2.29. The molecule has 0 aliphatic carbocycles. The quantitative estimate of drug-likeness (QED) is 0.442. The number of ether oxygens (including phenoxy) is 1. The Morgan fingerprint density at radius 2 is 2.04 bits per heavy atom. The maximum absolute atomic E-state index is 13.1. The first-order chi connectivity index (χ1) is 13.1. The van der Waals surface area contributed by atoms with Gasteiger partial charge in [0.15, 0.2) is 5.16 Å². The van der Waals surface area contributed by atoms with Crippen LogP contribution in [0.5, 0.6) is 0 Å². The number of rotatable bonds is 5. The highest BCUT2D eigenvalue weighted by molar-refractivity contribution is 7.99. The summed E-state index contributed by atoms with van der Waals surface area (Å²) < 4.78 is 7.54. The third-order valence-corrected chi connectivity index (χ3v) is 6.34. The zero-order valence-electron chi connectivity index (χ0n) is 15.1. The molecule has 0 saturated carbocycles. The van der Waals surface area contributed by atoms with E-state index in [1.54, 1.807) is 16.3 Å². The zero-order valence-corrected chi connectivity index (χ0v) is 16.7. The average molecular weight is 401 g/mol. The van der Waals surface area contributed by atoms with Crippen LogP contribution in [0.2, 0.25) is 5.02 Å². The minimum absolute atomic E-state index is 0.00930. The molecule has 2 heterocycles. The van der Waals surface area contributed by atoms with Crippen LogP contribution < -0.4 is 5.56 Å². The van der Waals surface area contributed by atoms with Crippen molar-refractivity contribution in [3.8, 4) is 0 Å². The minimum atomic E-state index is -0.00930. The fraction of sp³-hybridized carbons (Fsp3) is 0.333. The van der Waals surface area contributed by atoms with E-state index in [1.165, 1.54) is 0 Å². The van der Waals surface area contributed by atoms with E-state index in [0.717, 1.165) is 35.6 Å². The highest BCUT2D eigenvalue weighted by Crippen LogP contribution is 2.37. The Morgan fingerprint density at radius 1 is 1.26 bits per heavy atom. The van der Waals surface area contributed by atoms with E-state index in [2.05, 4.69) is 6.92 Å². The van der Waals surface area contributed by atoms with E-state index in [9.17, 15) is 4.79 Å². The van der Waals surface area contributed by atoms with Gasteiger partial charge in [0.1, 0.15) is 0 Å². The summed E-state index contributed by atoms with van der Waals surface area (Å²) in [4.78, 5) is 18.0. The van der Waals surface area contributed by atoms with Crippen LogP contribution in [0.4, 0.5) is 0 Å². The fourth-order valence-electron chi connectivity index (χ4n) is 3.42. The molecule has 0 bridgehead atoms. The van der Waals surface area contributed by atoms with E-state index < -0.39 is 0 Å². The molecule has 1 saturated heterocycles. The maximum atomic E-state index is 13.1. The number of halogens is 1. The van der Waals surface area contributed by atoms with Gasteiger partial charge >= 0.3 is 0 Å². The maximum Gasteiger partial charge on any atom is 0.262 e. The Balaban J connectivity index is 1.75.